The molecule has 1 aromatic heterocycles. The van der Waals surface area contributed by atoms with Crippen molar-refractivity contribution in [3.8, 4) is 0 Å². The lowest BCUT2D eigenvalue weighted by Crippen LogP contribution is -2.18. The number of carbonyl (C=O) groups is 2. The quantitative estimate of drug-likeness (QED) is 0.853. The zero-order valence-corrected chi connectivity index (χ0v) is 12.5. The van der Waals surface area contributed by atoms with Crippen LogP contribution >= 0.6 is 23.2 Å². The molecule has 0 aliphatic heterocycles. The van der Waals surface area contributed by atoms with Gasteiger partial charge in [0.25, 0.3) is 11.8 Å². The Morgan fingerprint density at radius 1 is 1.10 bits per heavy atom. The molecule has 0 aliphatic rings. The van der Waals surface area contributed by atoms with E-state index < -0.39 is 5.91 Å². The first-order chi connectivity index (χ1) is 10.0. The van der Waals surface area contributed by atoms with Crippen molar-refractivity contribution in [2.45, 2.75) is 0 Å². The van der Waals surface area contributed by atoms with Gasteiger partial charge in [-0.3, -0.25) is 9.59 Å². The van der Waals surface area contributed by atoms with Crippen molar-refractivity contribution in [3.05, 3.63) is 57.8 Å². The Kier molecular flexibility index (Phi) is 4.77. The van der Waals surface area contributed by atoms with Crippen LogP contribution in [0.3, 0.4) is 0 Å². The summed E-state index contributed by atoms with van der Waals surface area (Å²) in [5.74, 6) is -0.627. The summed E-state index contributed by atoms with van der Waals surface area (Å²) in [5.41, 5.74) is 1.21. The molecule has 0 saturated carbocycles. The zero-order valence-electron chi connectivity index (χ0n) is 11.0. The van der Waals surface area contributed by atoms with Crippen LogP contribution in [0.5, 0.6) is 0 Å². The number of rotatable bonds is 3. The van der Waals surface area contributed by atoms with E-state index in [1.807, 2.05) is 0 Å². The van der Waals surface area contributed by atoms with Gasteiger partial charge in [-0.05, 0) is 24.3 Å². The molecule has 0 aliphatic carbocycles. The molecule has 2 aromatic rings. The highest BCUT2D eigenvalue weighted by molar-refractivity contribution is 6.41. The largest absolute Gasteiger partial charge is 0.355 e. The van der Waals surface area contributed by atoms with Gasteiger partial charge in [-0.15, -0.1) is 0 Å². The summed E-state index contributed by atoms with van der Waals surface area (Å²) in [6, 6.07) is 7.99. The molecule has 2 N–H and O–H groups in total. The molecule has 0 atom stereocenters. The van der Waals surface area contributed by atoms with Crippen molar-refractivity contribution in [2.24, 2.45) is 0 Å². The van der Waals surface area contributed by atoms with Crippen molar-refractivity contribution in [2.75, 3.05) is 12.4 Å². The Morgan fingerprint density at radius 2 is 1.86 bits per heavy atom. The van der Waals surface area contributed by atoms with Gasteiger partial charge < -0.3 is 10.6 Å². The highest BCUT2D eigenvalue weighted by Gasteiger charge is 2.10. The molecule has 7 heteroatoms. The first kappa shape index (κ1) is 15.3. The summed E-state index contributed by atoms with van der Waals surface area (Å²) in [6.45, 7) is 0. The molecule has 1 aromatic carbocycles. The van der Waals surface area contributed by atoms with Crippen LogP contribution in [0.2, 0.25) is 10.2 Å². The van der Waals surface area contributed by atoms with Crippen LogP contribution in [0.4, 0.5) is 5.69 Å². The van der Waals surface area contributed by atoms with E-state index in [1.54, 1.807) is 24.3 Å². The van der Waals surface area contributed by atoms with Crippen LogP contribution in [-0.2, 0) is 0 Å². The zero-order chi connectivity index (χ0) is 15.4. The number of halogens is 2. The average Bonchev–Trinajstić information content (AvgIpc) is 2.49. The third-order valence-corrected chi connectivity index (χ3v) is 3.35. The van der Waals surface area contributed by atoms with Gasteiger partial charge >= 0.3 is 0 Å². The highest BCUT2D eigenvalue weighted by atomic mass is 35.5. The Morgan fingerprint density at radius 3 is 2.52 bits per heavy atom. The van der Waals surface area contributed by atoms with E-state index in [2.05, 4.69) is 15.6 Å². The molecule has 21 heavy (non-hydrogen) atoms. The predicted molar refractivity (Wildman–Crippen MR) is 82.0 cm³/mol. The summed E-state index contributed by atoms with van der Waals surface area (Å²) in [6.07, 6.45) is 1.33. The minimum Gasteiger partial charge on any atom is -0.355 e. The molecule has 2 amide bonds. The molecule has 0 saturated heterocycles. The van der Waals surface area contributed by atoms with Crippen LogP contribution in [0.1, 0.15) is 20.7 Å². The number of hydrogen-bond acceptors (Lipinski definition) is 3. The van der Waals surface area contributed by atoms with Crippen LogP contribution < -0.4 is 10.6 Å². The van der Waals surface area contributed by atoms with E-state index in [0.29, 0.717) is 11.3 Å². The van der Waals surface area contributed by atoms with E-state index in [-0.39, 0.29) is 21.6 Å². The molecule has 2 rings (SSSR count). The van der Waals surface area contributed by atoms with E-state index in [4.69, 9.17) is 23.2 Å². The maximum absolute atomic E-state index is 12.1. The molecule has 5 nitrogen and oxygen atoms in total. The third kappa shape index (κ3) is 3.71. The van der Waals surface area contributed by atoms with E-state index in [0.717, 1.165) is 0 Å². The second-order valence-corrected chi connectivity index (χ2v) is 4.88. The summed E-state index contributed by atoms with van der Waals surface area (Å²) in [5, 5.41) is 5.51. The lowest BCUT2D eigenvalue weighted by Gasteiger charge is -2.07. The van der Waals surface area contributed by atoms with Crippen LogP contribution in [0, 0.1) is 0 Å². The van der Waals surface area contributed by atoms with E-state index in [1.165, 1.54) is 19.3 Å². The number of nitrogens with one attached hydrogen (secondary N) is 2. The topological polar surface area (TPSA) is 71.1 Å². The highest BCUT2D eigenvalue weighted by Crippen LogP contribution is 2.20. The van der Waals surface area contributed by atoms with Gasteiger partial charge in [0, 0.05) is 24.5 Å². The summed E-state index contributed by atoms with van der Waals surface area (Å²) in [7, 11) is 1.54. The van der Waals surface area contributed by atoms with Gasteiger partial charge in [-0.25, -0.2) is 4.98 Å². The lowest BCUT2D eigenvalue weighted by molar-refractivity contribution is 0.0961. The van der Waals surface area contributed by atoms with E-state index in [9.17, 15) is 9.59 Å². The lowest BCUT2D eigenvalue weighted by atomic mass is 10.2. The predicted octanol–water partition coefficient (Wildman–Crippen LogP) is 3.00. The van der Waals surface area contributed by atoms with Gasteiger partial charge in [0.15, 0.2) is 0 Å². The summed E-state index contributed by atoms with van der Waals surface area (Å²) >= 11 is 11.5. The molecule has 0 spiro atoms. The second kappa shape index (κ2) is 6.56. The second-order valence-electron chi connectivity index (χ2n) is 4.11. The Bertz CT molecular complexity index is 704. The Balaban J connectivity index is 2.19. The van der Waals surface area contributed by atoms with Gasteiger partial charge in [-0.2, -0.15) is 0 Å². The monoisotopic (exact) mass is 323 g/mol. The fourth-order valence-electron chi connectivity index (χ4n) is 1.63. The minimum atomic E-state index is -0.393. The number of aromatic nitrogens is 1. The smallest absolute Gasteiger partial charge is 0.257 e. The molecular formula is C14H11Cl2N3O2. The molecular weight excluding hydrogens is 313 g/mol. The average molecular weight is 324 g/mol. The molecule has 0 radical (unpaired) electrons. The number of benzene rings is 1. The normalized spacial score (nSPS) is 10.0. The van der Waals surface area contributed by atoms with Crippen molar-refractivity contribution in [1.82, 2.24) is 10.3 Å². The molecule has 1 heterocycles. The summed E-state index contributed by atoms with van der Waals surface area (Å²) < 4.78 is 0. The number of hydrogen-bond donors (Lipinski definition) is 2. The number of amides is 2. The minimum absolute atomic E-state index is 0.134. The van der Waals surface area contributed by atoms with Crippen molar-refractivity contribution >= 4 is 40.7 Å². The number of pyridine rings is 1. The SMILES string of the molecule is CNC(=O)c1cccc(NC(=O)c2cnc(Cl)c(Cl)c2)c1. The fourth-order valence-corrected chi connectivity index (χ4v) is 1.90. The Hall–Kier alpha value is -2.11. The van der Waals surface area contributed by atoms with E-state index >= 15 is 0 Å². The molecule has 0 unspecified atom stereocenters. The van der Waals surface area contributed by atoms with Crippen molar-refractivity contribution < 1.29 is 9.59 Å². The van der Waals surface area contributed by atoms with Crippen LogP contribution in [0.25, 0.3) is 0 Å². The van der Waals surface area contributed by atoms with Gasteiger partial charge in [0.1, 0.15) is 5.15 Å². The first-order valence-corrected chi connectivity index (χ1v) is 6.71. The van der Waals surface area contributed by atoms with Crippen molar-refractivity contribution in [3.63, 3.8) is 0 Å². The molecule has 0 bridgehead atoms. The van der Waals surface area contributed by atoms with Gasteiger partial charge in [0.2, 0.25) is 0 Å². The summed E-state index contributed by atoms with van der Waals surface area (Å²) in [4.78, 5) is 27.4. The maximum Gasteiger partial charge on any atom is 0.257 e. The molecule has 0 fully saturated rings. The third-order valence-electron chi connectivity index (χ3n) is 2.67. The van der Waals surface area contributed by atoms with Gasteiger partial charge in [-0.1, -0.05) is 29.3 Å². The molecule has 108 valence electrons. The van der Waals surface area contributed by atoms with Gasteiger partial charge in [0.05, 0.1) is 10.6 Å². The maximum atomic E-state index is 12.1. The fraction of sp³-hybridized carbons (Fsp3) is 0.0714. The number of nitrogens with zero attached hydrogens (tertiary/aromatic N) is 1. The number of anilines is 1. The number of carbonyl (C=O) groups excluding carboxylic acids is 2. The standard InChI is InChI=1S/C14H11Cl2N3O2/c1-17-13(20)8-3-2-4-10(5-8)19-14(21)9-6-11(15)12(16)18-7-9/h2-7H,1H3,(H,17,20)(H,19,21). The van der Waals surface area contributed by atoms with Crippen LogP contribution in [-0.4, -0.2) is 23.8 Å². The van der Waals surface area contributed by atoms with Crippen molar-refractivity contribution in [1.29, 1.82) is 0 Å². The Labute approximate surface area is 131 Å². The first-order valence-electron chi connectivity index (χ1n) is 5.96. The van der Waals surface area contributed by atoms with Crippen LogP contribution in [0.15, 0.2) is 36.5 Å².